The van der Waals surface area contributed by atoms with Gasteiger partial charge in [0.05, 0.1) is 6.04 Å². The Morgan fingerprint density at radius 3 is 2.12 bits per heavy atom. The van der Waals surface area contributed by atoms with Gasteiger partial charge in [0.2, 0.25) is 5.91 Å². The topological polar surface area (TPSA) is 70.2 Å². The average Bonchev–Trinajstić information content (AvgIpc) is 2.15. The molecule has 0 aromatic heterocycles. The van der Waals surface area contributed by atoms with Crippen LogP contribution in [0.2, 0.25) is 0 Å². The van der Waals surface area contributed by atoms with Crippen LogP contribution in [0, 0.1) is 5.92 Å². The van der Waals surface area contributed by atoms with Crippen molar-refractivity contribution in [2.24, 2.45) is 5.92 Å². The Kier molecular flexibility index (Phi) is 6.72. The first-order valence-corrected chi connectivity index (χ1v) is 5.65. The number of hydrogen-bond acceptors (Lipinski definition) is 3. The number of amides is 3. The molecule has 2 unspecified atom stereocenters. The van der Waals surface area contributed by atoms with E-state index in [1.165, 1.54) is 7.05 Å². The van der Waals surface area contributed by atoms with Crippen LogP contribution in [0.3, 0.4) is 0 Å². The number of urea groups is 1. The molecule has 0 rings (SSSR count). The molecule has 0 aromatic rings. The van der Waals surface area contributed by atoms with E-state index < -0.39 is 6.03 Å². The summed E-state index contributed by atoms with van der Waals surface area (Å²) in [4.78, 5) is 22.4. The summed E-state index contributed by atoms with van der Waals surface area (Å²) in [6, 6.07) is -0.591. The molecule has 0 aliphatic heterocycles. The maximum Gasteiger partial charge on any atom is 0.321 e. The summed E-state index contributed by atoms with van der Waals surface area (Å²) in [5.74, 6) is 0.270. The van der Waals surface area contributed by atoms with E-state index in [1.807, 2.05) is 6.92 Å². The number of rotatable bonds is 5. The van der Waals surface area contributed by atoms with Crippen LogP contribution in [0.1, 0.15) is 34.1 Å². The second-order valence-corrected chi connectivity index (χ2v) is 4.49. The van der Waals surface area contributed by atoms with Crippen molar-refractivity contribution in [3.05, 3.63) is 0 Å². The van der Waals surface area contributed by atoms with Gasteiger partial charge in [-0.3, -0.25) is 10.1 Å². The van der Waals surface area contributed by atoms with E-state index in [0.717, 1.165) is 6.42 Å². The van der Waals surface area contributed by atoms with Crippen LogP contribution in [0.5, 0.6) is 0 Å². The fourth-order valence-corrected chi connectivity index (χ4v) is 1.56. The molecular weight excluding hydrogens is 206 g/mol. The van der Waals surface area contributed by atoms with Crippen LogP contribution in [-0.4, -0.2) is 31.1 Å². The smallest absolute Gasteiger partial charge is 0.321 e. The summed E-state index contributed by atoms with van der Waals surface area (Å²) in [5.41, 5.74) is 0. The second-order valence-electron chi connectivity index (χ2n) is 4.49. The lowest BCUT2D eigenvalue weighted by Gasteiger charge is -2.20. The predicted molar refractivity (Wildman–Crippen MR) is 64.1 cm³/mol. The van der Waals surface area contributed by atoms with Gasteiger partial charge in [0.15, 0.2) is 0 Å². The van der Waals surface area contributed by atoms with Crippen LogP contribution in [0.15, 0.2) is 0 Å². The average molecular weight is 229 g/mol. The monoisotopic (exact) mass is 229 g/mol. The first kappa shape index (κ1) is 14.9. The van der Waals surface area contributed by atoms with Crippen molar-refractivity contribution in [2.45, 2.75) is 46.2 Å². The molecule has 0 aliphatic carbocycles. The van der Waals surface area contributed by atoms with Crippen molar-refractivity contribution >= 4 is 11.9 Å². The quantitative estimate of drug-likeness (QED) is 0.654. The van der Waals surface area contributed by atoms with Crippen LogP contribution in [0.4, 0.5) is 4.79 Å². The van der Waals surface area contributed by atoms with E-state index in [0.29, 0.717) is 5.92 Å². The minimum atomic E-state index is -0.477. The van der Waals surface area contributed by atoms with Crippen LogP contribution >= 0.6 is 0 Å². The minimum Gasteiger partial charge on any atom is -0.341 e. The van der Waals surface area contributed by atoms with Gasteiger partial charge in [-0.05, 0) is 26.2 Å². The van der Waals surface area contributed by atoms with Crippen LogP contribution in [-0.2, 0) is 4.79 Å². The summed E-state index contributed by atoms with van der Waals surface area (Å²) in [6.07, 6.45) is 0.998. The van der Waals surface area contributed by atoms with Crippen LogP contribution in [0.25, 0.3) is 0 Å². The third-order valence-electron chi connectivity index (χ3n) is 2.22. The molecule has 3 amide bonds. The molecule has 5 heteroatoms. The van der Waals surface area contributed by atoms with Gasteiger partial charge in [-0.25, -0.2) is 4.79 Å². The minimum absolute atomic E-state index is 0.255. The highest BCUT2D eigenvalue weighted by Crippen LogP contribution is 2.04. The lowest BCUT2D eigenvalue weighted by atomic mass is 10.0. The summed E-state index contributed by atoms with van der Waals surface area (Å²) >= 11 is 0. The zero-order chi connectivity index (χ0) is 12.7. The zero-order valence-electron chi connectivity index (χ0n) is 10.8. The maximum atomic E-state index is 11.5. The molecule has 0 heterocycles. The molecule has 0 aliphatic rings. The fraction of sp³-hybridized carbons (Fsp3) is 0.818. The van der Waals surface area contributed by atoms with E-state index in [4.69, 9.17) is 0 Å². The Morgan fingerprint density at radius 1 is 1.12 bits per heavy atom. The molecule has 94 valence electrons. The number of carbonyl (C=O) groups excluding carboxylic acids is 2. The number of carbonyl (C=O) groups is 2. The number of hydrogen-bond donors (Lipinski definition) is 3. The normalized spacial score (nSPS) is 14.4. The van der Waals surface area contributed by atoms with Crippen molar-refractivity contribution in [3.8, 4) is 0 Å². The van der Waals surface area contributed by atoms with Crippen molar-refractivity contribution < 1.29 is 9.59 Å². The van der Waals surface area contributed by atoms with Gasteiger partial charge in [0.25, 0.3) is 0 Å². The molecular formula is C11H23N3O2. The molecule has 2 atom stereocenters. The van der Waals surface area contributed by atoms with Gasteiger partial charge < -0.3 is 10.6 Å². The van der Waals surface area contributed by atoms with Gasteiger partial charge >= 0.3 is 6.03 Å². The van der Waals surface area contributed by atoms with Crippen molar-refractivity contribution in [2.75, 3.05) is 7.05 Å². The van der Waals surface area contributed by atoms with Gasteiger partial charge in [-0.2, -0.15) is 0 Å². The molecule has 0 spiro atoms. The fourth-order valence-electron chi connectivity index (χ4n) is 1.56. The summed E-state index contributed by atoms with van der Waals surface area (Å²) in [6.45, 7) is 8.04. The molecule has 0 bridgehead atoms. The highest BCUT2D eigenvalue weighted by Gasteiger charge is 2.17. The summed E-state index contributed by atoms with van der Waals surface area (Å²) in [5, 5.41) is 7.72. The molecule has 0 saturated carbocycles. The lowest BCUT2D eigenvalue weighted by molar-refractivity contribution is -0.121. The van der Waals surface area contributed by atoms with Crippen molar-refractivity contribution in [1.29, 1.82) is 0 Å². The standard InChI is InChI=1S/C11H23N3O2/c1-7(2)6-8(3)13-9(4)10(15)14-11(16)12-5/h7-9,13H,6H2,1-5H3,(H2,12,14,15,16). The second kappa shape index (κ2) is 7.22. The van der Waals surface area contributed by atoms with E-state index in [1.54, 1.807) is 6.92 Å². The van der Waals surface area contributed by atoms with Gasteiger partial charge in [-0.1, -0.05) is 13.8 Å². The summed E-state index contributed by atoms with van der Waals surface area (Å²) < 4.78 is 0. The maximum absolute atomic E-state index is 11.5. The van der Waals surface area contributed by atoms with E-state index in [2.05, 4.69) is 29.8 Å². The zero-order valence-corrected chi connectivity index (χ0v) is 10.8. The van der Waals surface area contributed by atoms with E-state index in [-0.39, 0.29) is 18.0 Å². The molecule has 0 saturated heterocycles. The Hall–Kier alpha value is -1.10. The number of imide groups is 1. The Morgan fingerprint density at radius 2 is 1.69 bits per heavy atom. The van der Waals surface area contributed by atoms with E-state index >= 15 is 0 Å². The third-order valence-corrected chi connectivity index (χ3v) is 2.22. The molecule has 3 N–H and O–H groups in total. The predicted octanol–water partition coefficient (Wildman–Crippen LogP) is 0.855. The van der Waals surface area contributed by atoms with E-state index in [9.17, 15) is 9.59 Å². The highest BCUT2D eigenvalue weighted by molar-refractivity contribution is 5.96. The third kappa shape index (κ3) is 6.40. The largest absolute Gasteiger partial charge is 0.341 e. The molecule has 0 aromatic carbocycles. The van der Waals surface area contributed by atoms with Gasteiger partial charge in [-0.15, -0.1) is 0 Å². The highest BCUT2D eigenvalue weighted by atomic mass is 16.2. The van der Waals surface area contributed by atoms with Crippen molar-refractivity contribution in [1.82, 2.24) is 16.0 Å². The lowest BCUT2D eigenvalue weighted by Crippen LogP contribution is -2.49. The number of nitrogens with one attached hydrogen (secondary N) is 3. The molecule has 0 fully saturated rings. The molecule has 5 nitrogen and oxygen atoms in total. The van der Waals surface area contributed by atoms with Gasteiger partial charge in [0.1, 0.15) is 0 Å². The molecule has 16 heavy (non-hydrogen) atoms. The Balaban J connectivity index is 4.00. The summed E-state index contributed by atoms with van der Waals surface area (Å²) in [7, 11) is 1.47. The Bertz CT molecular complexity index is 241. The molecule has 0 radical (unpaired) electrons. The van der Waals surface area contributed by atoms with Gasteiger partial charge in [0, 0.05) is 13.1 Å². The SMILES string of the molecule is CNC(=O)NC(=O)C(C)NC(C)CC(C)C. The Labute approximate surface area is 97.4 Å². The first-order chi connectivity index (χ1) is 7.36. The van der Waals surface area contributed by atoms with Crippen molar-refractivity contribution in [3.63, 3.8) is 0 Å². The first-order valence-electron chi connectivity index (χ1n) is 5.65. The van der Waals surface area contributed by atoms with Crippen LogP contribution < -0.4 is 16.0 Å².